The third-order valence-electron chi connectivity index (χ3n) is 2.89. The number of aromatic hydroxyl groups is 1. The van der Waals surface area contributed by atoms with Gasteiger partial charge in [0.2, 0.25) is 0 Å². The normalized spacial score (nSPS) is 10.4. The van der Waals surface area contributed by atoms with Gasteiger partial charge in [-0.15, -0.1) is 0 Å². The molecule has 0 aliphatic rings. The van der Waals surface area contributed by atoms with Crippen molar-refractivity contribution in [1.82, 2.24) is 4.90 Å². The smallest absolute Gasteiger partial charge is 0.120 e. The molecule has 0 amide bonds. The maximum Gasteiger partial charge on any atom is 0.120 e. The highest BCUT2D eigenvalue weighted by Gasteiger charge is 2.11. The van der Waals surface area contributed by atoms with Crippen LogP contribution in [0.15, 0.2) is 24.3 Å². The summed E-state index contributed by atoms with van der Waals surface area (Å²) in [6.45, 7) is 12.6. The Morgan fingerprint density at radius 2 is 1.78 bits per heavy atom. The summed E-state index contributed by atoms with van der Waals surface area (Å²) in [6.07, 6.45) is 2.43. The van der Waals surface area contributed by atoms with Gasteiger partial charge >= 0.3 is 0 Å². The second kappa shape index (κ2) is 9.95. The lowest BCUT2D eigenvalue weighted by Crippen LogP contribution is -2.31. The molecule has 1 rings (SSSR count). The third kappa shape index (κ3) is 6.06. The van der Waals surface area contributed by atoms with Crippen molar-refractivity contribution < 1.29 is 5.11 Å². The van der Waals surface area contributed by atoms with E-state index >= 15 is 0 Å². The van der Waals surface area contributed by atoms with E-state index in [0.29, 0.717) is 11.8 Å². The van der Waals surface area contributed by atoms with Crippen molar-refractivity contribution in [3.8, 4) is 5.75 Å². The predicted molar refractivity (Wildman–Crippen MR) is 79.9 cm³/mol. The van der Waals surface area contributed by atoms with Crippen molar-refractivity contribution in [2.45, 2.75) is 60.0 Å². The van der Waals surface area contributed by atoms with Crippen LogP contribution >= 0.6 is 0 Å². The molecule has 0 saturated carbocycles. The minimum atomic E-state index is 0.407. The van der Waals surface area contributed by atoms with E-state index in [-0.39, 0.29) is 0 Å². The van der Waals surface area contributed by atoms with Crippen molar-refractivity contribution in [3.05, 3.63) is 29.8 Å². The number of hydrogen-bond acceptors (Lipinski definition) is 2. The summed E-state index contributed by atoms with van der Waals surface area (Å²) in [6, 6.07) is 8.12. The maximum absolute atomic E-state index is 9.74. The lowest BCUT2D eigenvalue weighted by Gasteiger charge is -2.26. The third-order valence-corrected chi connectivity index (χ3v) is 2.89. The molecule has 1 aromatic carbocycles. The molecule has 1 aromatic rings. The summed E-state index contributed by atoms with van der Waals surface area (Å²) in [5.74, 6) is 0.407. The van der Waals surface area contributed by atoms with E-state index in [9.17, 15) is 5.11 Å². The van der Waals surface area contributed by atoms with E-state index in [0.717, 1.165) is 18.7 Å². The highest BCUT2D eigenvalue weighted by molar-refractivity contribution is 5.31. The highest BCUT2D eigenvalue weighted by atomic mass is 16.3. The lowest BCUT2D eigenvalue weighted by atomic mass is 10.1. The van der Waals surface area contributed by atoms with Crippen LogP contribution in [0.3, 0.4) is 0 Å². The Labute approximate surface area is 113 Å². The van der Waals surface area contributed by atoms with E-state index < -0.39 is 0 Å². The largest absolute Gasteiger partial charge is 0.508 e. The number of phenols is 1. The van der Waals surface area contributed by atoms with Gasteiger partial charge in [0.05, 0.1) is 0 Å². The molecule has 0 saturated heterocycles. The maximum atomic E-state index is 9.74. The number of hydrogen-bond donors (Lipinski definition) is 1. The summed E-state index contributed by atoms with van der Waals surface area (Å²) in [5, 5.41) is 9.74. The Hall–Kier alpha value is -1.02. The summed E-state index contributed by atoms with van der Waals surface area (Å²) in [7, 11) is 0. The van der Waals surface area contributed by atoms with E-state index in [1.807, 2.05) is 32.0 Å². The average Bonchev–Trinajstić information content (AvgIpc) is 2.38. The van der Waals surface area contributed by atoms with Crippen molar-refractivity contribution in [2.75, 3.05) is 6.54 Å². The topological polar surface area (TPSA) is 23.5 Å². The second-order valence-corrected chi connectivity index (χ2v) is 4.55. The first kappa shape index (κ1) is 17.0. The van der Waals surface area contributed by atoms with Gasteiger partial charge in [0, 0.05) is 18.2 Å². The SMILES string of the molecule is CC.CCCCN(Cc1ccccc1O)C(C)C. The van der Waals surface area contributed by atoms with Gasteiger partial charge in [0.25, 0.3) is 0 Å². The Morgan fingerprint density at radius 3 is 2.28 bits per heavy atom. The van der Waals surface area contributed by atoms with Crippen molar-refractivity contribution in [1.29, 1.82) is 0 Å². The van der Waals surface area contributed by atoms with Gasteiger partial charge < -0.3 is 5.11 Å². The summed E-state index contributed by atoms with van der Waals surface area (Å²) in [5.41, 5.74) is 1.02. The first-order valence-electron chi connectivity index (χ1n) is 7.16. The standard InChI is InChI=1S/C14H23NO.C2H6/c1-4-5-10-15(12(2)3)11-13-8-6-7-9-14(13)16;1-2/h6-9,12,16H,4-5,10-11H2,1-3H3;1-2H3. The molecule has 0 spiro atoms. The Balaban J connectivity index is 0.00000137. The predicted octanol–water partition coefficient (Wildman–Crippen LogP) is 4.43. The number of benzene rings is 1. The van der Waals surface area contributed by atoms with Crippen LogP contribution in [0, 0.1) is 0 Å². The highest BCUT2D eigenvalue weighted by Crippen LogP contribution is 2.19. The monoisotopic (exact) mass is 251 g/mol. The summed E-state index contributed by atoms with van der Waals surface area (Å²) >= 11 is 0. The van der Waals surface area contributed by atoms with E-state index in [1.165, 1.54) is 12.8 Å². The van der Waals surface area contributed by atoms with Crippen molar-refractivity contribution >= 4 is 0 Å². The molecule has 0 aliphatic carbocycles. The minimum Gasteiger partial charge on any atom is -0.508 e. The van der Waals surface area contributed by atoms with Gasteiger partial charge in [-0.2, -0.15) is 0 Å². The van der Waals surface area contributed by atoms with Crippen molar-refractivity contribution in [2.24, 2.45) is 0 Å². The first-order chi connectivity index (χ1) is 8.65. The van der Waals surface area contributed by atoms with Crippen LogP contribution in [-0.2, 0) is 6.54 Å². The molecule has 0 aromatic heterocycles. The number of rotatable bonds is 6. The quantitative estimate of drug-likeness (QED) is 0.808. The molecule has 0 unspecified atom stereocenters. The molecule has 0 atom stereocenters. The van der Waals surface area contributed by atoms with Gasteiger partial charge in [-0.05, 0) is 32.9 Å². The molecule has 0 bridgehead atoms. The van der Waals surface area contributed by atoms with E-state index in [2.05, 4.69) is 25.7 Å². The fourth-order valence-corrected chi connectivity index (χ4v) is 1.74. The molecule has 0 fully saturated rings. The number of nitrogens with zero attached hydrogens (tertiary/aromatic N) is 1. The first-order valence-corrected chi connectivity index (χ1v) is 7.16. The molecule has 2 heteroatoms. The molecule has 18 heavy (non-hydrogen) atoms. The number of para-hydroxylation sites is 1. The van der Waals surface area contributed by atoms with E-state index in [1.54, 1.807) is 6.07 Å². The van der Waals surface area contributed by atoms with Gasteiger partial charge in [-0.25, -0.2) is 0 Å². The summed E-state index contributed by atoms with van der Waals surface area (Å²) in [4.78, 5) is 2.40. The molecule has 2 nitrogen and oxygen atoms in total. The fourth-order valence-electron chi connectivity index (χ4n) is 1.74. The van der Waals surface area contributed by atoms with Crippen molar-refractivity contribution in [3.63, 3.8) is 0 Å². The zero-order valence-corrected chi connectivity index (χ0v) is 12.6. The Kier molecular flexibility index (Phi) is 9.39. The number of phenolic OH excluding ortho intramolecular Hbond substituents is 1. The molecular formula is C16H29NO. The van der Waals surface area contributed by atoms with Crippen LogP contribution < -0.4 is 0 Å². The second-order valence-electron chi connectivity index (χ2n) is 4.55. The van der Waals surface area contributed by atoms with Crippen LogP contribution in [0.5, 0.6) is 5.75 Å². The summed E-state index contributed by atoms with van der Waals surface area (Å²) < 4.78 is 0. The molecule has 0 heterocycles. The molecule has 104 valence electrons. The van der Waals surface area contributed by atoms with Crippen LogP contribution in [-0.4, -0.2) is 22.6 Å². The van der Waals surface area contributed by atoms with Gasteiger partial charge in [-0.1, -0.05) is 45.4 Å². The van der Waals surface area contributed by atoms with Crippen LogP contribution in [0.4, 0.5) is 0 Å². The average molecular weight is 251 g/mol. The zero-order chi connectivity index (χ0) is 14.0. The Bertz CT molecular complexity index is 310. The molecule has 0 aliphatic heterocycles. The van der Waals surface area contributed by atoms with Crippen LogP contribution in [0.25, 0.3) is 0 Å². The van der Waals surface area contributed by atoms with Gasteiger partial charge in [0.15, 0.2) is 0 Å². The Morgan fingerprint density at radius 1 is 1.17 bits per heavy atom. The molecule has 1 N–H and O–H groups in total. The molecule has 0 radical (unpaired) electrons. The van der Waals surface area contributed by atoms with Crippen LogP contribution in [0.1, 0.15) is 53.0 Å². The lowest BCUT2D eigenvalue weighted by molar-refractivity contribution is 0.207. The van der Waals surface area contributed by atoms with Gasteiger partial charge in [0.1, 0.15) is 5.75 Å². The minimum absolute atomic E-state index is 0.407. The van der Waals surface area contributed by atoms with E-state index in [4.69, 9.17) is 0 Å². The van der Waals surface area contributed by atoms with Crippen LogP contribution in [0.2, 0.25) is 0 Å². The zero-order valence-electron chi connectivity index (χ0n) is 12.6. The molecular weight excluding hydrogens is 222 g/mol. The van der Waals surface area contributed by atoms with Gasteiger partial charge in [-0.3, -0.25) is 4.90 Å². The number of unbranched alkanes of at least 4 members (excludes halogenated alkanes) is 1. The fraction of sp³-hybridized carbons (Fsp3) is 0.625.